The minimum absolute atomic E-state index is 0.370. The third kappa shape index (κ3) is 5.63. The van der Waals surface area contributed by atoms with Crippen molar-refractivity contribution in [2.24, 2.45) is 0 Å². The van der Waals surface area contributed by atoms with Crippen LogP contribution in [-0.4, -0.2) is 68.8 Å². The molecule has 1 saturated heterocycles. The van der Waals surface area contributed by atoms with Gasteiger partial charge in [0, 0.05) is 6.08 Å². The number of carbonyl (C=O) groups is 1. The number of aliphatic carboxylic acids is 1. The highest BCUT2D eigenvalue weighted by atomic mass is 16.7. The largest absolute Gasteiger partial charge is 0.478 e. The molecule has 1 aliphatic rings. The van der Waals surface area contributed by atoms with Crippen LogP contribution in [0.1, 0.15) is 25.0 Å². The van der Waals surface area contributed by atoms with Gasteiger partial charge in [-0.25, -0.2) is 4.79 Å². The molecule has 0 bridgehead atoms. The van der Waals surface area contributed by atoms with E-state index in [1.54, 1.807) is 18.2 Å². The average Bonchev–Trinajstić information content (AvgIpc) is 2.66. The van der Waals surface area contributed by atoms with Crippen LogP contribution in [0, 0.1) is 0 Å². The number of hydrogen-bond acceptors (Lipinski definition) is 7. The van der Waals surface area contributed by atoms with Crippen LogP contribution in [0.4, 0.5) is 0 Å². The minimum Gasteiger partial charge on any atom is -0.478 e. The van der Waals surface area contributed by atoms with E-state index >= 15 is 0 Å². The first kappa shape index (κ1) is 22.1. The zero-order valence-corrected chi connectivity index (χ0v) is 15.7. The zero-order valence-electron chi connectivity index (χ0n) is 15.7. The van der Waals surface area contributed by atoms with Gasteiger partial charge in [-0.15, -0.1) is 0 Å². The summed E-state index contributed by atoms with van der Waals surface area (Å²) in [5.74, 6) is -0.693. The molecular weight excluding hydrogens is 368 g/mol. The van der Waals surface area contributed by atoms with Gasteiger partial charge in [0.15, 0.2) is 0 Å². The third-order valence-electron chi connectivity index (χ3n) is 4.32. The number of allylic oxidation sites excluding steroid dienone is 2. The molecule has 1 aromatic carbocycles. The molecule has 0 aliphatic carbocycles. The number of carboxylic acid groups (broad SMARTS) is 1. The molecule has 1 aliphatic heterocycles. The number of hydrogen-bond donors (Lipinski definition) is 5. The molecule has 5 atom stereocenters. The highest BCUT2D eigenvalue weighted by molar-refractivity contribution is 5.85. The van der Waals surface area contributed by atoms with Gasteiger partial charge < -0.3 is 35.0 Å². The van der Waals surface area contributed by atoms with Crippen molar-refractivity contribution < 1.29 is 39.8 Å². The second-order valence-electron chi connectivity index (χ2n) is 6.84. The Morgan fingerprint density at radius 1 is 1.18 bits per heavy atom. The Morgan fingerprint density at radius 2 is 1.89 bits per heavy atom. The molecule has 1 fully saturated rings. The summed E-state index contributed by atoms with van der Waals surface area (Å²) in [4.78, 5) is 10.7. The molecule has 1 aromatic rings. The number of ether oxygens (including phenoxy) is 2. The molecule has 0 unspecified atom stereocenters. The van der Waals surface area contributed by atoms with Crippen molar-refractivity contribution in [2.75, 3.05) is 6.61 Å². The van der Waals surface area contributed by atoms with Crippen molar-refractivity contribution in [3.05, 3.63) is 47.1 Å². The van der Waals surface area contributed by atoms with Crippen molar-refractivity contribution in [2.45, 2.75) is 51.0 Å². The lowest BCUT2D eigenvalue weighted by Gasteiger charge is -2.39. The first-order valence-corrected chi connectivity index (χ1v) is 8.87. The molecule has 1 heterocycles. The lowest BCUT2D eigenvalue weighted by Crippen LogP contribution is -2.60. The van der Waals surface area contributed by atoms with E-state index in [-0.39, 0.29) is 0 Å². The maximum Gasteiger partial charge on any atom is 0.328 e. The van der Waals surface area contributed by atoms with E-state index in [0.717, 1.165) is 11.6 Å². The van der Waals surface area contributed by atoms with Crippen molar-refractivity contribution in [1.29, 1.82) is 0 Å². The van der Waals surface area contributed by atoms with E-state index in [1.807, 2.05) is 19.9 Å². The summed E-state index contributed by atoms with van der Waals surface area (Å²) in [6.45, 7) is 3.33. The molecule has 154 valence electrons. The third-order valence-corrected chi connectivity index (χ3v) is 4.32. The molecule has 28 heavy (non-hydrogen) atoms. The van der Waals surface area contributed by atoms with Crippen LogP contribution < -0.4 is 4.74 Å². The Kier molecular flexibility index (Phi) is 7.73. The Labute approximate surface area is 163 Å². The van der Waals surface area contributed by atoms with Crippen LogP contribution in [0.3, 0.4) is 0 Å². The van der Waals surface area contributed by atoms with E-state index in [4.69, 9.17) is 14.6 Å². The molecule has 0 amide bonds. The van der Waals surface area contributed by atoms with Gasteiger partial charge in [-0.3, -0.25) is 0 Å². The van der Waals surface area contributed by atoms with Gasteiger partial charge in [-0.2, -0.15) is 0 Å². The fourth-order valence-corrected chi connectivity index (χ4v) is 2.75. The SMILES string of the molecule is CC(C)=CCc1cc(/C=C/C(=O)O)ccc1O[C@@H]1O[C@H](CO)[C@@H](O)[C@H](O)[C@H]1O. The lowest BCUT2D eigenvalue weighted by atomic mass is 9.99. The van der Waals surface area contributed by atoms with E-state index < -0.39 is 43.3 Å². The molecule has 5 N–H and O–H groups in total. The van der Waals surface area contributed by atoms with Crippen LogP contribution in [0.15, 0.2) is 35.9 Å². The predicted molar refractivity (Wildman–Crippen MR) is 101 cm³/mol. The highest BCUT2D eigenvalue weighted by Gasteiger charge is 2.44. The Hall–Kier alpha value is -2.23. The standard InChI is InChI=1S/C20H26O8/c1-11(2)3-6-13-9-12(5-8-16(22)23)4-7-14(13)27-20-19(26)18(25)17(24)15(10-21)28-20/h3-5,7-9,15,17-21,24-26H,6,10H2,1-2H3,(H,22,23)/b8-5+/t15-,17-,18+,19-,20-/m1/s1. The normalized spacial score (nSPS) is 27.6. The molecule has 8 nitrogen and oxygen atoms in total. The number of aliphatic hydroxyl groups excluding tert-OH is 4. The zero-order chi connectivity index (χ0) is 20.8. The Bertz CT molecular complexity index is 736. The van der Waals surface area contributed by atoms with Crippen molar-refractivity contribution >= 4 is 12.0 Å². The number of aliphatic hydroxyl groups is 4. The lowest BCUT2D eigenvalue weighted by molar-refractivity contribution is -0.277. The summed E-state index contributed by atoms with van der Waals surface area (Å²) < 4.78 is 11.1. The number of rotatable bonds is 7. The summed E-state index contributed by atoms with van der Waals surface area (Å²) >= 11 is 0. The second-order valence-corrected chi connectivity index (χ2v) is 6.84. The predicted octanol–water partition coefficient (Wildman–Crippen LogP) is 0.472. The van der Waals surface area contributed by atoms with Gasteiger partial charge in [0.05, 0.1) is 6.61 Å². The van der Waals surface area contributed by atoms with Crippen molar-refractivity contribution in [1.82, 2.24) is 0 Å². The fourth-order valence-electron chi connectivity index (χ4n) is 2.75. The van der Waals surface area contributed by atoms with E-state index in [9.17, 15) is 25.2 Å². The van der Waals surface area contributed by atoms with Crippen LogP contribution in [0.25, 0.3) is 6.08 Å². The van der Waals surface area contributed by atoms with Gasteiger partial charge in [-0.05, 0) is 49.6 Å². The van der Waals surface area contributed by atoms with Crippen LogP contribution >= 0.6 is 0 Å². The average molecular weight is 394 g/mol. The van der Waals surface area contributed by atoms with Crippen LogP contribution in [-0.2, 0) is 16.0 Å². The summed E-state index contributed by atoms with van der Waals surface area (Å²) in [6.07, 6.45) is -1.94. The van der Waals surface area contributed by atoms with Gasteiger partial charge in [-0.1, -0.05) is 17.7 Å². The minimum atomic E-state index is -1.53. The highest BCUT2D eigenvalue weighted by Crippen LogP contribution is 2.28. The van der Waals surface area contributed by atoms with Crippen LogP contribution in [0.2, 0.25) is 0 Å². The van der Waals surface area contributed by atoms with E-state index in [1.165, 1.54) is 6.08 Å². The maximum absolute atomic E-state index is 10.7. The summed E-state index contributed by atoms with van der Waals surface area (Å²) in [5.41, 5.74) is 2.44. The van der Waals surface area contributed by atoms with Gasteiger partial charge in [0.1, 0.15) is 30.2 Å². The molecule has 0 radical (unpaired) electrons. The smallest absolute Gasteiger partial charge is 0.328 e. The van der Waals surface area contributed by atoms with Gasteiger partial charge in [0.2, 0.25) is 6.29 Å². The molecule has 0 saturated carbocycles. The van der Waals surface area contributed by atoms with Crippen molar-refractivity contribution in [3.8, 4) is 5.75 Å². The first-order chi connectivity index (χ1) is 13.2. The molecular formula is C20H26O8. The maximum atomic E-state index is 10.7. The van der Waals surface area contributed by atoms with Crippen molar-refractivity contribution in [3.63, 3.8) is 0 Å². The quantitative estimate of drug-likeness (QED) is 0.333. The summed E-state index contributed by atoms with van der Waals surface area (Å²) in [5, 5.41) is 48.0. The Morgan fingerprint density at radius 3 is 2.50 bits per heavy atom. The van der Waals surface area contributed by atoms with Gasteiger partial charge in [0.25, 0.3) is 0 Å². The Balaban J connectivity index is 2.29. The summed E-state index contributed by atoms with van der Waals surface area (Å²) in [7, 11) is 0. The monoisotopic (exact) mass is 394 g/mol. The van der Waals surface area contributed by atoms with Crippen LogP contribution in [0.5, 0.6) is 5.75 Å². The topological polar surface area (TPSA) is 137 Å². The van der Waals surface area contributed by atoms with E-state index in [2.05, 4.69) is 0 Å². The first-order valence-electron chi connectivity index (χ1n) is 8.87. The fraction of sp³-hybridized carbons (Fsp3) is 0.450. The van der Waals surface area contributed by atoms with E-state index in [0.29, 0.717) is 23.3 Å². The number of benzene rings is 1. The number of carboxylic acids is 1. The molecule has 0 spiro atoms. The summed E-state index contributed by atoms with van der Waals surface area (Å²) in [6, 6.07) is 5.00. The molecule has 0 aromatic heterocycles. The molecule has 8 heteroatoms. The molecule has 2 rings (SSSR count). The second kappa shape index (κ2) is 9.81. The van der Waals surface area contributed by atoms with Gasteiger partial charge >= 0.3 is 5.97 Å².